The number of amides is 1. The van der Waals surface area contributed by atoms with Crippen molar-refractivity contribution < 1.29 is 23.8 Å². The molecule has 2 rings (SSSR count). The maximum Gasteiger partial charge on any atom is 0.331 e. The molecule has 0 spiro atoms. The standard InChI is InChI=1S/C23H27NO5/c1-5-28-20-12-10-18(14-21(20)27-4)11-13-23(26)29-16-22(25)24(3)15-19-8-6-17(2)7-9-19/h6-14H,5,15-16H2,1-4H3/b13-11+. The zero-order valence-electron chi connectivity index (χ0n) is 17.3. The molecule has 0 heterocycles. The number of nitrogens with zero attached hydrogens (tertiary/aromatic N) is 1. The van der Waals surface area contributed by atoms with Crippen LogP contribution in [-0.4, -0.2) is 44.1 Å². The van der Waals surface area contributed by atoms with E-state index in [1.54, 1.807) is 38.4 Å². The van der Waals surface area contributed by atoms with E-state index >= 15 is 0 Å². The first-order valence-corrected chi connectivity index (χ1v) is 9.38. The molecule has 0 fully saturated rings. The molecule has 0 aliphatic carbocycles. The van der Waals surface area contributed by atoms with Crippen LogP contribution in [0.25, 0.3) is 6.08 Å². The van der Waals surface area contributed by atoms with Crippen LogP contribution in [0.2, 0.25) is 0 Å². The van der Waals surface area contributed by atoms with Crippen LogP contribution in [0.3, 0.4) is 0 Å². The number of likely N-dealkylation sites (N-methyl/N-ethyl adjacent to an activating group) is 1. The summed E-state index contributed by atoms with van der Waals surface area (Å²) in [5.41, 5.74) is 2.93. The van der Waals surface area contributed by atoms with Crippen molar-refractivity contribution >= 4 is 18.0 Å². The summed E-state index contributed by atoms with van der Waals surface area (Å²) >= 11 is 0. The Morgan fingerprint density at radius 1 is 1.07 bits per heavy atom. The van der Waals surface area contributed by atoms with Gasteiger partial charge in [-0.25, -0.2) is 4.79 Å². The lowest BCUT2D eigenvalue weighted by atomic mass is 10.1. The van der Waals surface area contributed by atoms with Crippen LogP contribution in [0, 0.1) is 6.92 Å². The molecule has 0 radical (unpaired) electrons. The lowest BCUT2D eigenvalue weighted by Gasteiger charge is -2.17. The van der Waals surface area contributed by atoms with E-state index in [-0.39, 0.29) is 12.5 Å². The zero-order chi connectivity index (χ0) is 21.2. The third-order valence-electron chi connectivity index (χ3n) is 4.20. The molecule has 1 amide bonds. The van der Waals surface area contributed by atoms with E-state index in [1.165, 1.54) is 11.0 Å². The predicted octanol–water partition coefficient (Wildman–Crippen LogP) is 3.62. The van der Waals surface area contributed by atoms with Crippen LogP contribution in [0.4, 0.5) is 0 Å². The quantitative estimate of drug-likeness (QED) is 0.478. The van der Waals surface area contributed by atoms with E-state index in [2.05, 4.69) is 0 Å². The van der Waals surface area contributed by atoms with Crippen LogP contribution in [0.5, 0.6) is 11.5 Å². The van der Waals surface area contributed by atoms with Crippen molar-refractivity contribution in [2.24, 2.45) is 0 Å². The Hall–Kier alpha value is -3.28. The number of rotatable bonds is 9. The summed E-state index contributed by atoms with van der Waals surface area (Å²) in [7, 11) is 3.23. The second-order valence-corrected chi connectivity index (χ2v) is 6.52. The van der Waals surface area contributed by atoms with Gasteiger partial charge in [-0.3, -0.25) is 4.79 Å². The first-order valence-electron chi connectivity index (χ1n) is 9.38. The smallest absolute Gasteiger partial charge is 0.331 e. The van der Waals surface area contributed by atoms with Crippen molar-refractivity contribution in [2.45, 2.75) is 20.4 Å². The maximum atomic E-state index is 12.2. The number of ether oxygens (including phenoxy) is 3. The molecule has 6 nitrogen and oxygen atoms in total. The second-order valence-electron chi connectivity index (χ2n) is 6.52. The SMILES string of the molecule is CCOc1ccc(/C=C/C(=O)OCC(=O)N(C)Cc2ccc(C)cc2)cc1OC. The third kappa shape index (κ3) is 6.99. The van der Waals surface area contributed by atoms with Gasteiger partial charge in [0.2, 0.25) is 0 Å². The van der Waals surface area contributed by atoms with E-state index in [1.807, 2.05) is 38.1 Å². The van der Waals surface area contributed by atoms with Gasteiger partial charge in [0.15, 0.2) is 18.1 Å². The molecule has 0 saturated heterocycles. The van der Waals surface area contributed by atoms with Crippen molar-refractivity contribution in [3.05, 3.63) is 65.2 Å². The number of carbonyl (C=O) groups is 2. The van der Waals surface area contributed by atoms with Gasteiger partial charge in [-0.1, -0.05) is 35.9 Å². The van der Waals surface area contributed by atoms with Gasteiger partial charge >= 0.3 is 5.97 Å². The average Bonchev–Trinajstić information content (AvgIpc) is 2.72. The molecule has 0 aliphatic heterocycles. The Kier molecular flexibility index (Phi) is 8.27. The molecule has 0 bridgehead atoms. The molecule has 29 heavy (non-hydrogen) atoms. The summed E-state index contributed by atoms with van der Waals surface area (Å²) in [6, 6.07) is 13.3. The molecule has 0 atom stereocenters. The fourth-order valence-corrected chi connectivity index (χ4v) is 2.57. The summed E-state index contributed by atoms with van der Waals surface area (Å²) in [5, 5.41) is 0. The second kappa shape index (κ2) is 10.9. The topological polar surface area (TPSA) is 65.1 Å². The number of aryl methyl sites for hydroxylation is 1. The summed E-state index contributed by atoms with van der Waals surface area (Å²) < 4.78 is 15.8. The van der Waals surface area contributed by atoms with E-state index < -0.39 is 5.97 Å². The van der Waals surface area contributed by atoms with Crippen LogP contribution in [-0.2, 0) is 20.9 Å². The van der Waals surface area contributed by atoms with Gasteiger partial charge in [-0.15, -0.1) is 0 Å². The third-order valence-corrected chi connectivity index (χ3v) is 4.20. The van der Waals surface area contributed by atoms with Gasteiger partial charge in [0, 0.05) is 19.7 Å². The number of methoxy groups -OCH3 is 1. The van der Waals surface area contributed by atoms with Crippen molar-refractivity contribution in [3.63, 3.8) is 0 Å². The van der Waals surface area contributed by atoms with Crippen LogP contribution < -0.4 is 9.47 Å². The molecular weight excluding hydrogens is 370 g/mol. The summed E-state index contributed by atoms with van der Waals surface area (Å²) in [4.78, 5) is 25.6. The van der Waals surface area contributed by atoms with Crippen molar-refractivity contribution in [2.75, 3.05) is 27.4 Å². The van der Waals surface area contributed by atoms with Gasteiger partial charge < -0.3 is 19.1 Å². The van der Waals surface area contributed by atoms with E-state index in [4.69, 9.17) is 14.2 Å². The summed E-state index contributed by atoms with van der Waals surface area (Å²) in [6.07, 6.45) is 2.88. The van der Waals surface area contributed by atoms with E-state index in [0.717, 1.165) is 16.7 Å². The zero-order valence-corrected chi connectivity index (χ0v) is 17.3. The largest absolute Gasteiger partial charge is 0.493 e. The Labute approximate surface area is 171 Å². The highest BCUT2D eigenvalue weighted by molar-refractivity contribution is 5.89. The normalized spacial score (nSPS) is 10.6. The molecule has 0 unspecified atom stereocenters. The fraction of sp³-hybridized carbons (Fsp3) is 0.304. The highest BCUT2D eigenvalue weighted by Gasteiger charge is 2.11. The highest BCUT2D eigenvalue weighted by Crippen LogP contribution is 2.28. The highest BCUT2D eigenvalue weighted by atomic mass is 16.5. The first kappa shape index (κ1) is 22.0. The number of hydrogen-bond donors (Lipinski definition) is 0. The van der Waals surface area contributed by atoms with Gasteiger partial charge in [-0.2, -0.15) is 0 Å². The molecule has 0 saturated carbocycles. The van der Waals surface area contributed by atoms with Crippen LogP contribution in [0.1, 0.15) is 23.6 Å². The first-order chi connectivity index (χ1) is 13.9. The average molecular weight is 397 g/mol. The fourth-order valence-electron chi connectivity index (χ4n) is 2.57. The number of esters is 1. The van der Waals surface area contributed by atoms with Gasteiger partial charge in [0.05, 0.1) is 13.7 Å². The minimum absolute atomic E-state index is 0.268. The Bertz CT molecular complexity index is 858. The monoisotopic (exact) mass is 397 g/mol. The maximum absolute atomic E-state index is 12.2. The van der Waals surface area contributed by atoms with Gasteiger partial charge in [0.25, 0.3) is 5.91 Å². The molecule has 0 N–H and O–H groups in total. The lowest BCUT2D eigenvalue weighted by molar-refractivity contribution is -0.147. The van der Waals surface area contributed by atoms with Gasteiger partial charge in [-0.05, 0) is 43.2 Å². The number of hydrogen-bond acceptors (Lipinski definition) is 5. The molecule has 2 aromatic rings. The van der Waals surface area contributed by atoms with Crippen LogP contribution >= 0.6 is 0 Å². The molecule has 154 valence electrons. The van der Waals surface area contributed by atoms with Crippen LogP contribution in [0.15, 0.2) is 48.5 Å². The Morgan fingerprint density at radius 2 is 1.79 bits per heavy atom. The van der Waals surface area contributed by atoms with E-state index in [9.17, 15) is 9.59 Å². The predicted molar refractivity (Wildman–Crippen MR) is 112 cm³/mol. The molecule has 6 heteroatoms. The summed E-state index contributed by atoms with van der Waals surface area (Å²) in [6.45, 7) is 4.58. The molecule has 0 aliphatic rings. The molecule has 0 aromatic heterocycles. The molecular formula is C23H27NO5. The lowest BCUT2D eigenvalue weighted by Crippen LogP contribution is -2.30. The number of carbonyl (C=O) groups excluding carboxylic acids is 2. The Morgan fingerprint density at radius 3 is 2.45 bits per heavy atom. The Balaban J connectivity index is 1.85. The van der Waals surface area contributed by atoms with Crippen molar-refractivity contribution in [3.8, 4) is 11.5 Å². The number of benzene rings is 2. The van der Waals surface area contributed by atoms with Gasteiger partial charge in [0.1, 0.15) is 0 Å². The van der Waals surface area contributed by atoms with Crippen molar-refractivity contribution in [1.82, 2.24) is 4.90 Å². The molecule has 2 aromatic carbocycles. The van der Waals surface area contributed by atoms with E-state index in [0.29, 0.717) is 24.7 Å². The minimum Gasteiger partial charge on any atom is -0.493 e. The minimum atomic E-state index is -0.588. The summed E-state index contributed by atoms with van der Waals surface area (Å²) in [5.74, 6) is 0.359. The van der Waals surface area contributed by atoms with Crippen molar-refractivity contribution in [1.29, 1.82) is 0 Å².